The van der Waals surface area contributed by atoms with Gasteiger partial charge in [0.1, 0.15) is 5.82 Å². The summed E-state index contributed by atoms with van der Waals surface area (Å²) in [5.41, 5.74) is 0.741. The Labute approximate surface area is 152 Å². The summed E-state index contributed by atoms with van der Waals surface area (Å²) in [4.78, 5) is 24.3. The Morgan fingerprint density at radius 2 is 1.92 bits per heavy atom. The number of hydrogen-bond acceptors (Lipinski definition) is 5. The molecule has 26 heavy (non-hydrogen) atoms. The number of nitrogens with zero attached hydrogens (tertiary/aromatic N) is 1. The topological polar surface area (TPSA) is 92.8 Å². The second-order valence-corrected chi connectivity index (χ2v) is 8.45. The van der Waals surface area contributed by atoms with Crippen LogP contribution in [0.3, 0.4) is 0 Å². The standard InChI is InChI=1S/C17H23FN2O5S/c1-11-4-5-14(10-15(11)18)19-16(21)12(2)25-17(22)13-6-8-20(9-7-13)26(3,23)24/h4-5,10,12-13H,6-9H2,1-3H3,(H,19,21)/t12-/m1/s1. The maximum atomic E-state index is 13.5. The van der Waals surface area contributed by atoms with Gasteiger partial charge in [0.05, 0.1) is 12.2 Å². The molecular weight excluding hydrogens is 363 g/mol. The molecular formula is C17H23FN2O5S. The van der Waals surface area contributed by atoms with Crippen molar-refractivity contribution in [3.05, 3.63) is 29.6 Å². The number of ether oxygens (including phenoxy) is 1. The zero-order valence-electron chi connectivity index (χ0n) is 15.0. The van der Waals surface area contributed by atoms with Crippen LogP contribution in [0.5, 0.6) is 0 Å². The minimum absolute atomic E-state index is 0.252. The molecule has 0 aromatic heterocycles. The Hall–Kier alpha value is -2.00. The molecule has 1 aliphatic heterocycles. The summed E-state index contributed by atoms with van der Waals surface area (Å²) < 4.78 is 43.0. The van der Waals surface area contributed by atoms with E-state index in [2.05, 4.69) is 5.32 Å². The van der Waals surface area contributed by atoms with Gasteiger partial charge in [0.15, 0.2) is 6.10 Å². The summed E-state index contributed by atoms with van der Waals surface area (Å²) in [6, 6.07) is 4.30. The van der Waals surface area contributed by atoms with Gasteiger partial charge in [-0.15, -0.1) is 0 Å². The molecule has 1 N–H and O–H groups in total. The highest BCUT2D eigenvalue weighted by molar-refractivity contribution is 7.88. The molecule has 1 saturated heterocycles. The highest BCUT2D eigenvalue weighted by Gasteiger charge is 2.31. The smallest absolute Gasteiger partial charge is 0.309 e. The number of anilines is 1. The summed E-state index contributed by atoms with van der Waals surface area (Å²) >= 11 is 0. The Kier molecular flexibility index (Phi) is 6.35. The molecule has 0 aliphatic carbocycles. The van der Waals surface area contributed by atoms with Crippen LogP contribution in [0.15, 0.2) is 18.2 Å². The van der Waals surface area contributed by atoms with Crippen molar-refractivity contribution >= 4 is 27.6 Å². The average Bonchev–Trinajstić information content (AvgIpc) is 2.57. The maximum absolute atomic E-state index is 13.5. The number of halogens is 1. The van der Waals surface area contributed by atoms with E-state index in [4.69, 9.17) is 4.74 Å². The first-order chi connectivity index (χ1) is 12.1. The van der Waals surface area contributed by atoms with Crippen molar-refractivity contribution in [3.8, 4) is 0 Å². The first-order valence-corrected chi connectivity index (χ1v) is 10.2. The van der Waals surface area contributed by atoms with Crippen LogP contribution < -0.4 is 5.32 Å². The number of carbonyl (C=O) groups excluding carboxylic acids is 2. The predicted molar refractivity (Wildman–Crippen MR) is 94.5 cm³/mol. The van der Waals surface area contributed by atoms with Gasteiger partial charge < -0.3 is 10.1 Å². The summed E-state index contributed by atoms with van der Waals surface area (Å²) in [5.74, 6) is -1.98. The minimum atomic E-state index is -3.27. The van der Waals surface area contributed by atoms with E-state index < -0.39 is 39.7 Å². The second-order valence-electron chi connectivity index (χ2n) is 6.47. The van der Waals surface area contributed by atoms with Gasteiger partial charge in [0.25, 0.3) is 5.91 Å². The van der Waals surface area contributed by atoms with Crippen LogP contribution in [0.25, 0.3) is 0 Å². The molecule has 0 spiro atoms. The number of rotatable bonds is 5. The van der Waals surface area contributed by atoms with Gasteiger partial charge in [-0.1, -0.05) is 6.07 Å². The zero-order valence-corrected chi connectivity index (χ0v) is 15.8. The normalized spacial score (nSPS) is 17.5. The molecule has 1 amide bonds. The van der Waals surface area contributed by atoms with Crippen molar-refractivity contribution in [1.29, 1.82) is 0 Å². The van der Waals surface area contributed by atoms with Crippen molar-refractivity contribution in [2.24, 2.45) is 5.92 Å². The number of amides is 1. The monoisotopic (exact) mass is 386 g/mol. The zero-order chi connectivity index (χ0) is 19.5. The highest BCUT2D eigenvalue weighted by atomic mass is 32.2. The molecule has 1 heterocycles. The number of aryl methyl sites for hydroxylation is 1. The molecule has 144 valence electrons. The van der Waals surface area contributed by atoms with Crippen molar-refractivity contribution in [2.75, 3.05) is 24.7 Å². The van der Waals surface area contributed by atoms with E-state index in [1.165, 1.54) is 23.4 Å². The SMILES string of the molecule is Cc1ccc(NC(=O)[C@@H](C)OC(=O)C2CCN(S(C)(=O)=O)CC2)cc1F. The van der Waals surface area contributed by atoms with Crippen molar-refractivity contribution in [3.63, 3.8) is 0 Å². The van der Waals surface area contributed by atoms with Gasteiger partial charge in [-0.05, 0) is 44.4 Å². The fourth-order valence-corrected chi connectivity index (χ4v) is 3.54. The third kappa shape index (κ3) is 5.25. The van der Waals surface area contributed by atoms with Crippen LogP contribution in [0.4, 0.5) is 10.1 Å². The van der Waals surface area contributed by atoms with Crippen LogP contribution in [-0.2, 0) is 24.3 Å². The number of esters is 1. The molecule has 0 saturated carbocycles. The van der Waals surface area contributed by atoms with E-state index in [1.54, 1.807) is 13.0 Å². The number of piperidine rings is 1. The van der Waals surface area contributed by atoms with Gasteiger partial charge in [-0.3, -0.25) is 9.59 Å². The fraction of sp³-hybridized carbons (Fsp3) is 0.529. The summed E-state index contributed by atoms with van der Waals surface area (Å²) in [5, 5.41) is 2.50. The predicted octanol–water partition coefficient (Wildman–Crippen LogP) is 1.68. The van der Waals surface area contributed by atoms with E-state index >= 15 is 0 Å². The van der Waals surface area contributed by atoms with Gasteiger partial charge in [0, 0.05) is 18.8 Å². The molecule has 1 atom stereocenters. The number of benzene rings is 1. The van der Waals surface area contributed by atoms with Crippen molar-refractivity contribution in [2.45, 2.75) is 32.8 Å². The van der Waals surface area contributed by atoms with Gasteiger partial charge in [-0.2, -0.15) is 0 Å². The van der Waals surface area contributed by atoms with Crippen LogP contribution in [-0.4, -0.2) is 50.0 Å². The fourth-order valence-electron chi connectivity index (χ4n) is 2.66. The van der Waals surface area contributed by atoms with Crippen LogP contribution in [0.1, 0.15) is 25.3 Å². The van der Waals surface area contributed by atoms with E-state index in [1.807, 2.05) is 0 Å². The lowest BCUT2D eigenvalue weighted by Gasteiger charge is -2.29. The lowest BCUT2D eigenvalue weighted by atomic mass is 9.98. The lowest BCUT2D eigenvalue weighted by molar-refractivity contribution is -0.158. The summed E-state index contributed by atoms with van der Waals surface area (Å²) in [6.07, 6.45) is 0.790. The second kappa shape index (κ2) is 8.13. The van der Waals surface area contributed by atoms with Crippen molar-refractivity contribution < 1.29 is 27.1 Å². The Balaban J connectivity index is 1.86. The molecule has 7 nitrogen and oxygen atoms in total. The third-order valence-electron chi connectivity index (χ3n) is 4.36. The average molecular weight is 386 g/mol. The van der Waals surface area contributed by atoms with E-state index in [0.29, 0.717) is 18.4 Å². The molecule has 9 heteroatoms. The number of carbonyl (C=O) groups is 2. The largest absolute Gasteiger partial charge is 0.452 e. The minimum Gasteiger partial charge on any atom is -0.452 e. The van der Waals surface area contributed by atoms with Crippen LogP contribution >= 0.6 is 0 Å². The molecule has 0 radical (unpaired) electrons. The molecule has 2 rings (SSSR count). The van der Waals surface area contributed by atoms with Gasteiger partial charge in [-0.25, -0.2) is 17.1 Å². The Bertz CT molecular complexity index is 788. The lowest BCUT2D eigenvalue weighted by Crippen LogP contribution is -2.41. The first-order valence-electron chi connectivity index (χ1n) is 8.30. The third-order valence-corrected chi connectivity index (χ3v) is 5.66. The summed E-state index contributed by atoms with van der Waals surface area (Å²) in [7, 11) is -3.27. The van der Waals surface area contributed by atoms with Crippen LogP contribution in [0, 0.1) is 18.7 Å². The van der Waals surface area contributed by atoms with Crippen LogP contribution in [0.2, 0.25) is 0 Å². The highest BCUT2D eigenvalue weighted by Crippen LogP contribution is 2.21. The molecule has 1 aromatic carbocycles. The number of nitrogens with one attached hydrogen (secondary N) is 1. The molecule has 0 bridgehead atoms. The Morgan fingerprint density at radius 1 is 1.31 bits per heavy atom. The maximum Gasteiger partial charge on any atom is 0.309 e. The number of sulfonamides is 1. The van der Waals surface area contributed by atoms with Gasteiger partial charge in [0.2, 0.25) is 10.0 Å². The van der Waals surface area contributed by atoms with Gasteiger partial charge >= 0.3 is 5.97 Å². The molecule has 1 aromatic rings. The number of hydrogen-bond donors (Lipinski definition) is 1. The molecule has 1 aliphatic rings. The van der Waals surface area contributed by atoms with E-state index in [-0.39, 0.29) is 18.8 Å². The van der Waals surface area contributed by atoms with E-state index in [0.717, 1.165) is 6.26 Å². The molecule has 1 fully saturated rings. The Morgan fingerprint density at radius 3 is 2.46 bits per heavy atom. The quantitative estimate of drug-likeness (QED) is 0.777. The van der Waals surface area contributed by atoms with E-state index in [9.17, 15) is 22.4 Å². The van der Waals surface area contributed by atoms with Crippen molar-refractivity contribution in [1.82, 2.24) is 4.31 Å². The summed E-state index contributed by atoms with van der Waals surface area (Å²) in [6.45, 7) is 3.55. The molecule has 0 unspecified atom stereocenters. The first kappa shape index (κ1) is 20.3.